The van der Waals surface area contributed by atoms with Gasteiger partial charge in [-0.15, -0.1) is 0 Å². The summed E-state index contributed by atoms with van der Waals surface area (Å²) in [5.41, 5.74) is 3.97. The van der Waals surface area contributed by atoms with Gasteiger partial charge in [0.15, 0.2) is 11.9 Å². The third kappa shape index (κ3) is 5.72. The molecule has 170 valence electrons. The van der Waals surface area contributed by atoms with Gasteiger partial charge in [-0.3, -0.25) is 4.79 Å². The Balaban J connectivity index is 1.45. The molecule has 0 amide bonds. The van der Waals surface area contributed by atoms with Crippen LogP contribution < -0.4 is 4.74 Å². The van der Waals surface area contributed by atoms with Crippen LogP contribution in [0.2, 0.25) is 5.02 Å². The summed E-state index contributed by atoms with van der Waals surface area (Å²) < 4.78 is 5.84. The molecule has 1 unspecified atom stereocenters. The Bertz CT molecular complexity index is 1270. The van der Waals surface area contributed by atoms with Gasteiger partial charge in [0.25, 0.3) is 0 Å². The molecule has 34 heavy (non-hydrogen) atoms. The summed E-state index contributed by atoms with van der Waals surface area (Å²) in [7, 11) is 0. The van der Waals surface area contributed by atoms with E-state index in [-0.39, 0.29) is 18.0 Å². The summed E-state index contributed by atoms with van der Waals surface area (Å²) in [6.45, 7) is 0. The molecule has 0 aliphatic heterocycles. The minimum absolute atomic E-state index is 0.210. The molecule has 0 bridgehead atoms. The van der Waals surface area contributed by atoms with Crippen LogP contribution in [0.5, 0.6) is 5.75 Å². The smallest absolute Gasteiger partial charge is 0.344 e. The molecule has 0 heterocycles. The van der Waals surface area contributed by atoms with E-state index in [0.717, 1.165) is 16.7 Å². The largest absolute Gasteiger partial charge is 0.479 e. The second kappa shape index (κ2) is 10.8. The van der Waals surface area contributed by atoms with Crippen LogP contribution >= 0.6 is 11.6 Å². The Morgan fingerprint density at radius 1 is 0.765 bits per heavy atom. The quantitative estimate of drug-likeness (QED) is 0.276. The molecular formula is C29H23ClO4. The van der Waals surface area contributed by atoms with Crippen molar-refractivity contribution in [1.29, 1.82) is 0 Å². The zero-order valence-corrected chi connectivity index (χ0v) is 19.1. The first-order valence-corrected chi connectivity index (χ1v) is 11.3. The first-order chi connectivity index (χ1) is 16.5. The van der Waals surface area contributed by atoms with Gasteiger partial charge in [-0.1, -0.05) is 90.5 Å². The van der Waals surface area contributed by atoms with Crippen molar-refractivity contribution in [3.05, 3.63) is 125 Å². The normalized spacial score (nSPS) is 11.6. The lowest BCUT2D eigenvalue weighted by Gasteiger charge is -2.17. The fourth-order valence-corrected chi connectivity index (χ4v) is 3.82. The molecule has 1 N–H and O–H groups in total. The Hall–Kier alpha value is -3.89. The molecule has 0 saturated carbocycles. The van der Waals surface area contributed by atoms with E-state index in [9.17, 15) is 14.7 Å². The first kappa shape index (κ1) is 23.3. The molecule has 4 aromatic rings. The molecule has 0 spiro atoms. The fraction of sp³-hybridized carbons (Fsp3) is 0.103. The van der Waals surface area contributed by atoms with Crippen LogP contribution in [-0.4, -0.2) is 23.0 Å². The second-order valence-corrected chi connectivity index (χ2v) is 8.31. The number of carbonyl (C=O) groups excluding carboxylic acids is 1. The zero-order valence-electron chi connectivity index (χ0n) is 18.4. The Kier molecular flexibility index (Phi) is 7.41. The van der Waals surface area contributed by atoms with Crippen LogP contribution in [0, 0.1) is 0 Å². The third-order valence-corrected chi connectivity index (χ3v) is 5.79. The molecule has 0 aliphatic carbocycles. The highest BCUT2D eigenvalue weighted by Gasteiger charge is 2.23. The summed E-state index contributed by atoms with van der Waals surface area (Å²) in [4.78, 5) is 24.9. The van der Waals surface area contributed by atoms with Gasteiger partial charge in [0, 0.05) is 10.6 Å². The lowest BCUT2D eigenvalue weighted by Crippen LogP contribution is -2.28. The first-order valence-electron chi connectivity index (χ1n) is 10.9. The monoisotopic (exact) mass is 470 g/mol. The second-order valence-electron chi connectivity index (χ2n) is 7.88. The van der Waals surface area contributed by atoms with Crippen LogP contribution in [0.4, 0.5) is 0 Å². The van der Waals surface area contributed by atoms with Crippen LogP contribution in [0.3, 0.4) is 0 Å². The predicted octanol–water partition coefficient (Wildman–Crippen LogP) is 6.70. The van der Waals surface area contributed by atoms with E-state index in [2.05, 4.69) is 0 Å². The van der Waals surface area contributed by atoms with E-state index in [4.69, 9.17) is 16.3 Å². The number of aryl methyl sites for hydroxylation is 1. The number of carboxylic acids is 1. The van der Waals surface area contributed by atoms with Crippen molar-refractivity contribution < 1.29 is 19.4 Å². The highest BCUT2D eigenvalue weighted by molar-refractivity contribution is 6.30. The number of ketones is 1. The molecule has 0 aliphatic rings. The summed E-state index contributed by atoms with van der Waals surface area (Å²) >= 11 is 5.96. The van der Waals surface area contributed by atoms with Crippen LogP contribution in [-0.2, 0) is 11.2 Å². The number of carbonyl (C=O) groups is 2. The van der Waals surface area contributed by atoms with Crippen LogP contribution in [0.15, 0.2) is 103 Å². The summed E-state index contributed by atoms with van der Waals surface area (Å²) in [6.07, 6.45) is -0.295. The summed E-state index contributed by atoms with van der Waals surface area (Å²) in [5.74, 6) is -1.01. The van der Waals surface area contributed by atoms with Crippen molar-refractivity contribution in [3.63, 3.8) is 0 Å². The highest BCUT2D eigenvalue weighted by atomic mass is 35.5. The van der Waals surface area contributed by atoms with Gasteiger partial charge in [-0.25, -0.2) is 4.79 Å². The van der Waals surface area contributed by atoms with Gasteiger partial charge in [-0.05, 0) is 53.8 Å². The van der Waals surface area contributed by atoms with Crippen molar-refractivity contribution in [2.75, 3.05) is 0 Å². The number of para-hydroxylation sites is 1. The number of aliphatic carboxylic acids is 1. The van der Waals surface area contributed by atoms with Gasteiger partial charge in [0.2, 0.25) is 0 Å². The maximum Gasteiger partial charge on any atom is 0.344 e. The zero-order chi connectivity index (χ0) is 23.9. The average molecular weight is 471 g/mol. The van der Waals surface area contributed by atoms with Crippen molar-refractivity contribution in [2.45, 2.75) is 18.9 Å². The van der Waals surface area contributed by atoms with Crippen molar-refractivity contribution in [2.24, 2.45) is 0 Å². The van der Waals surface area contributed by atoms with Gasteiger partial charge < -0.3 is 9.84 Å². The molecule has 0 fully saturated rings. The summed E-state index contributed by atoms with van der Waals surface area (Å²) in [6, 6.07) is 31.2. The van der Waals surface area contributed by atoms with Crippen molar-refractivity contribution in [1.82, 2.24) is 0 Å². The predicted molar refractivity (Wildman–Crippen MR) is 134 cm³/mol. The van der Waals surface area contributed by atoms with E-state index in [1.165, 1.54) is 0 Å². The van der Waals surface area contributed by atoms with E-state index in [1.54, 1.807) is 48.5 Å². The lowest BCUT2D eigenvalue weighted by atomic mass is 10.0. The Labute approximate surface area is 203 Å². The molecular weight excluding hydrogens is 448 g/mol. The maximum absolute atomic E-state index is 12.9. The SMILES string of the molecule is O=C(c1ccccc1)c1ccccc1OC(CCc1ccc(-c2ccc(Cl)cc2)cc1)C(=O)O. The van der Waals surface area contributed by atoms with Crippen LogP contribution in [0.25, 0.3) is 11.1 Å². The average Bonchev–Trinajstić information content (AvgIpc) is 2.87. The van der Waals surface area contributed by atoms with E-state index < -0.39 is 12.1 Å². The topological polar surface area (TPSA) is 63.6 Å². The maximum atomic E-state index is 12.9. The van der Waals surface area contributed by atoms with Crippen molar-refractivity contribution >= 4 is 23.4 Å². The van der Waals surface area contributed by atoms with Crippen LogP contribution in [0.1, 0.15) is 27.9 Å². The minimum Gasteiger partial charge on any atom is -0.479 e. The molecule has 4 aromatic carbocycles. The lowest BCUT2D eigenvalue weighted by molar-refractivity contribution is -0.145. The highest BCUT2D eigenvalue weighted by Crippen LogP contribution is 2.25. The fourth-order valence-electron chi connectivity index (χ4n) is 3.69. The molecule has 4 nitrogen and oxygen atoms in total. The number of benzene rings is 4. The minimum atomic E-state index is -1.08. The molecule has 1 atom stereocenters. The molecule has 0 radical (unpaired) electrons. The number of hydrogen-bond donors (Lipinski definition) is 1. The van der Waals surface area contributed by atoms with Crippen molar-refractivity contribution in [3.8, 4) is 16.9 Å². The molecule has 0 aromatic heterocycles. The van der Waals surface area contributed by atoms with Gasteiger partial charge >= 0.3 is 5.97 Å². The number of ether oxygens (including phenoxy) is 1. The number of hydrogen-bond acceptors (Lipinski definition) is 3. The Morgan fingerprint density at radius 2 is 1.35 bits per heavy atom. The van der Waals surface area contributed by atoms with Gasteiger partial charge in [0.05, 0.1) is 5.56 Å². The van der Waals surface area contributed by atoms with Gasteiger partial charge in [0.1, 0.15) is 5.75 Å². The standard InChI is InChI=1S/C29H23ClO4/c30-24-17-15-22(16-18-24)21-13-10-20(11-14-21)12-19-27(29(32)33)34-26-9-5-4-8-25(26)28(31)23-6-2-1-3-7-23/h1-11,13-18,27H,12,19H2,(H,32,33). The third-order valence-electron chi connectivity index (χ3n) is 5.54. The summed E-state index contributed by atoms with van der Waals surface area (Å²) in [5, 5.41) is 10.4. The Morgan fingerprint density at radius 3 is 2.00 bits per heavy atom. The molecule has 5 heteroatoms. The number of rotatable bonds is 9. The number of carboxylic acid groups (broad SMARTS) is 1. The number of halogens is 1. The van der Waals surface area contributed by atoms with E-state index in [0.29, 0.717) is 22.6 Å². The molecule has 0 saturated heterocycles. The van der Waals surface area contributed by atoms with E-state index in [1.807, 2.05) is 54.6 Å². The van der Waals surface area contributed by atoms with E-state index >= 15 is 0 Å². The van der Waals surface area contributed by atoms with Gasteiger partial charge in [-0.2, -0.15) is 0 Å². The molecule has 4 rings (SSSR count).